The molecule has 0 bridgehead atoms. The van der Waals surface area contributed by atoms with Gasteiger partial charge in [-0.2, -0.15) is 0 Å². The highest BCUT2D eigenvalue weighted by Gasteiger charge is 2.56. The predicted octanol–water partition coefficient (Wildman–Crippen LogP) is 5.35. The molecule has 0 radical (unpaired) electrons. The van der Waals surface area contributed by atoms with Crippen molar-refractivity contribution < 1.29 is 24.2 Å². The standard InChI is InChI=1S/C29H35Cl2N3O5/c1-17(18-5-7-19(8-6-18)26(37)32-11-9-24(35)36)34-27(38)25(20-13-21(30)15-22(31)14-20)33-29(34)10-12-39-23(16-29)28(2,3)4/h5-8,13-15,17,23,25,33H,9-12,16H2,1-4H3,(H,32,37)(H,35,36)/t17-,23?,25?,29?/m1/s1. The number of hydrogen-bond donors (Lipinski definition) is 3. The van der Waals surface area contributed by atoms with Gasteiger partial charge in [0.1, 0.15) is 6.04 Å². The van der Waals surface area contributed by atoms with Crippen LogP contribution in [-0.4, -0.2) is 52.7 Å². The molecule has 3 N–H and O–H groups in total. The third-order valence-electron chi connectivity index (χ3n) is 7.57. The largest absolute Gasteiger partial charge is 0.481 e. The molecule has 4 atom stereocenters. The lowest BCUT2D eigenvalue weighted by atomic mass is 9.80. The van der Waals surface area contributed by atoms with Crippen LogP contribution in [0.15, 0.2) is 42.5 Å². The zero-order valence-electron chi connectivity index (χ0n) is 22.6. The summed E-state index contributed by atoms with van der Waals surface area (Å²) in [7, 11) is 0. The van der Waals surface area contributed by atoms with Gasteiger partial charge in [0.2, 0.25) is 5.91 Å². The average molecular weight is 577 g/mol. The van der Waals surface area contributed by atoms with Crippen molar-refractivity contribution in [1.82, 2.24) is 15.5 Å². The normalized spacial score (nSPS) is 24.2. The van der Waals surface area contributed by atoms with Gasteiger partial charge in [-0.15, -0.1) is 0 Å². The van der Waals surface area contributed by atoms with Gasteiger partial charge < -0.3 is 20.1 Å². The van der Waals surface area contributed by atoms with Gasteiger partial charge in [-0.3, -0.25) is 19.7 Å². The second-order valence-electron chi connectivity index (χ2n) is 11.4. The number of nitrogens with one attached hydrogen (secondary N) is 2. The van der Waals surface area contributed by atoms with Gasteiger partial charge in [0.15, 0.2) is 0 Å². The van der Waals surface area contributed by atoms with E-state index in [0.29, 0.717) is 40.6 Å². The van der Waals surface area contributed by atoms with Gasteiger partial charge in [-0.05, 0) is 53.8 Å². The van der Waals surface area contributed by atoms with Crippen molar-refractivity contribution in [2.45, 2.75) is 70.8 Å². The van der Waals surface area contributed by atoms with Crippen LogP contribution in [0.5, 0.6) is 0 Å². The van der Waals surface area contributed by atoms with Gasteiger partial charge in [-0.1, -0.05) is 56.1 Å². The number of carbonyl (C=O) groups excluding carboxylic acids is 2. The molecule has 2 aliphatic rings. The average Bonchev–Trinajstić information content (AvgIpc) is 3.13. The molecule has 2 saturated heterocycles. The van der Waals surface area contributed by atoms with E-state index in [1.54, 1.807) is 30.3 Å². The lowest BCUT2D eigenvalue weighted by Crippen LogP contribution is -2.59. The van der Waals surface area contributed by atoms with Crippen molar-refractivity contribution in [1.29, 1.82) is 0 Å². The molecule has 39 heavy (non-hydrogen) atoms. The van der Waals surface area contributed by atoms with E-state index in [0.717, 1.165) is 5.56 Å². The van der Waals surface area contributed by atoms with Crippen molar-refractivity contribution in [3.8, 4) is 0 Å². The SMILES string of the molecule is C[C@H](c1ccc(C(=O)NCCC(=O)O)cc1)N1C(=O)C(c2cc(Cl)cc(Cl)c2)NC12CCOC(C(C)(C)C)C2. The fourth-order valence-electron chi connectivity index (χ4n) is 5.47. The second kappa shape index (κ2) is 11.5. The fraction of sp³-hybridized carbons (Fsp3) is 0.483. The molecular formula is C29H35Cl2N3O5. The molecule has 10 heteroatoms. The topological polar surface area (TPSA) is 108 Å². The molecule has 210 valence electrons. The molecule has 0 saturated carbocycles. The quantitative estimate of drug-likeness (QED) is 0.410. The molecule has 0 aliphatic carbocycles. The molecule has 2 aromatic rings. The van der Waals surface area contributed by atoms with Crippen LogP contribution < -0.4 is 10.6 Å². The summed E-state index contributed by atoms with van der Waals surface area (Å²) in [5.41, 5.74) is 1.22. The van der Waals surface area contributed by atoms with E-state index in [4.69, 9.17) is 33.0 Å². The minimum Gasteiger partial charge on any atom is -0.481 e. The Balaban J connectivity index is 1.65. The Hall–Kier alpha value is -2.65. The summed E-state index contributed by atoms with van der Waals surface area (Å²) in [6.07, 6.45) is 1.01. The summed E-state index contributed by atoms with van der Waals surface area (Å²) < 4.78 is 6.17. The Bertz CT molecular complexity index is 1230. The molecule has 2 fully saturated rings. The van der Waals surface area contributed by atoms with Crippen molar-refractivity contribution in [2.24, 2.45) is 5.41 Å². The smallest absolute Gasteiger partial charge is 0.305 e. The molecule has 2 aliphatic heterocycles. The van der Waals surface area contributed by atoms with Crippen LogP contribution in [0.25, 0.3) is 0 Å². The summed E-state index contributed by atoms with van der Waals surface area (Å²) in [5.74, 6) is -1.40. The Morgan fingerprint density at radius 2 is 1.82 bits per heavy atom. The molecule has 1 spiro atoms. The molecule has 2 heterocycles. The minimum atomic E-state index is -0.975. The van der Waals surface area contributed by atoms with E-state index in [9.17, 15) is 14.4 Å². The molecule has 8 nitrogen and oxygen atoms in total. The second-order valence-corrected chi connectivity index (χ2v) is 12.3. The summed E-state index contributed by atoms with van der Waals surface area (Å²) in [4.78, 5) is 39.2. The number of carboxylic acid groups (broad SMARTS) is 1. The molecule has 0 aromatic heterocycles. The Morgan fingerprint density at radius 3 is 2.41 bits per heavy atom. The Morgan fingerprint density at radius 1 is 1.18 bits per heavy atom. The lowest BCUT2D eigenvalue weighted by Gasteiger charge is -2.49. The van der Waals surface area contributed by atoms with Crippen molar-refractivity contribution in [3.63, 3.8) is 0 Å². The maximum absolute atomic E-state index is 14.1. The molecular weight excluding hydrogens is 541 g/mol. The van der Waals surface area contributed by atoms with E-state index in [1.165, 1.54) is 0 Å². The van der Waals surface area contributed by atoms with E-state index in [-0.39, 0.29) is 42.3 Å². The van der Waals surface area contributed by atoms with Gasteiger partial charge in [0.05, 0.1) is 30.8 Å². The Kier molecular flexibility index (Phi) is 8.61. The highest BCUT2D eigenvalue weighted by molar-refractivity contribution is 6.34. The number of nitrogens with zero attached hydrogens (tertiary/aromatic N) is 1. The van der Waals surface area contributed by atoms with Crippen molar-refractivity contribution in [3.05, 3.63) is 69.2 Å². The first-order chi connectivity index (χ1) is 18.3. The van der Waals surface area contributed by atoms with Crippen LogP contribution in [0.1, 0.15) is 80.5 Å². The van der Waals surface area contributed by atoms with Crippen LogP contribution >= 0.6 is 23.2 Å². The zero-order chi connectivity index (χ0) is 28.5. The number of carbonyl (C=O) groups is 3. The number of amides is 2. The van der Waals surface area contributed by atoms with E-state index < -0.39 is 17.7 Å². The summed E-state index contributed by atoms with van der Waals surface area (Å²) >= 11 is 12.6. The van der Waals surface area contributed by atoms with E-state index in [2.05, 4.69) is 31.4 Å². The number of halogens is 2. The minimum absolute atomic E-state index is 0.0503. The monoisotopic (exact) mass is 575 g/mol. The number of rotatable bonds is 7. The van der Waals surface area contributed by atoms with Crippen LogP contribution in [0.4, 0.5) is 0 Å². The van der Waals surface area contributed by atoms with E-state index >= 15 is 0 Å². The van der Waals surface area contributed by atoms with Crippen LogP contribution in [0.2, 0.25) is 10.0 Å². The molecule has 3 unspecified atom stereocenters. The van der Waals surface area contributed by atoms with Gasteiger partial charge in [0.25, 0.3) is 5.91 Å². The first-order valence-corrected chi connectivity index (χ1v) is 13.8. The number of carboxylic acids is 1. The van der Waals surface area contributed by atoms with Gasteiger partial charge in [-0.25, -0.2) is 0 Å². The van der Waals surface area contributed by atoms with Crippen LogP contribution in [0.3, 0.4) is 0 Å². The summed E-state index contributed by atoms with van der Waals surface area (Å²) in [6.45, 7) is 8.94. The fourth-order valence-corrected chi connectivity index (χ4v) is 6.01. The van der Waals surface area contributed by atoms with Crippen LogP contribution in [0, 0.1) is 5.41 Å². The van der Waals surface area contributed by atoms with Gasteiger partial charge >= 0.3 is 5.97 Å². The lowest BCUT2D eigenvalue weighted by molar-refractivity contribution is -0.147. The number of aliphatic carboxylic acids is 1. The molecule has 2 aromatic carbocycles. The van der Waals surface area contributed by atoms with Gasteiger partial charge in [0, 0.05) is 35.0 Å². The third-order valence-corrected chi connectivity index (χ3v) is 8.00. The number of hydrogen-bond acceptors (Lipinski definition) is 5. The highest BCUT2D eigenvalue weighted by Crippen LogP contribution is 2.46. The zero-order valence-corrected chi connectivity index (χ0v) is 24.1. The van der Waals surface area contributed by atoms with E-state index in [1.807, 2.05) is 24.0 Å². The van der Waals surface area contributed by atoms with Crippen LogP contribution in [-0.2, 0) is 14.3 Å². The Labute approximate surface area is 239 Å². The number of benzene rings is 2. The number of ether oxygens (including phenoxy) is 1. The summed E-state index contributed by atoms with van der Waals surface area (Å²) in [6, 6.07) is 11.3. The maximum Gasteiger partial charge on any atom is 0.305 e. The molecule has 4 rings (SSSR count). The van der Waals surface area contributed by atoms with Crippen molar-refractivity contribution >= 4 is 41.0 Å². The highest BCUT2D eigenvalue weighted by atomic mass is 35.5. The molecule has 2 amide bonds. The third kappa shape index (κ3) is 6.40. The van der Waals surface area contributed by atoms with Crippen molar-refractivity contribution in [2.75, 3.05) is 13.2 Å². The first-order valence-electron chi connectivity index (χ1n) is 13.1. The predicted molar refractivity (Wildman–Crippen MR) is 150 cm³/mol. The maximum atomic E-state index is 14.1. The first kappa shape index (κ1) is 29.3. The summed E-state index contributed by atoms with van der Waals surface area (Å²) in [5, 5.41) is 16.0.